The molecule has 4 rings (SSSR count). The van der Waals surface area contributed by atoms with Crippen LogP contribution in [0.3, 0.4) is 0 Å². The van der Waals surface area contributed by atoms with E-state index in [0.717, 1.165) is 48.7 Å². The van der Waals surface area contributed by atoms with E-state index in [-0.39, 0.29) is 22.6 Å². The summed E-state index contributed by atoms with van der Waals surface area (Å²) >= 11 is 1.16. The highest BCUT2D eigenvalue weighted by Crippen LogP contribution is 2.20. The predicted molar refractivity (Wildman–Crippen MR) is 134 cm³/mol. The standard InChI is InChI=1S/C25H29N3O4S2/c1-19-17-28(11-12-32-19)18-22-5-2-4-21(14-22)16-26-24(29)15-20-7-9-23(10-8-20)27-34(30,31)25-6-3-13-33-25/h2-10,13-14,19,27H,11-12,15-18H2,1H3,(H,26,29). The van der Waals surface area contributed by atoms with Crippen LogP contribution in [-0.4, -0.2) is 45.0 Å². The zero-order valence-corrected chi connectivity index (χ0v) is 20.7. The molecule has 1 atom stereocenters. The van der Waals surface area contributed by atoms with Crippen molar-refractivity contribution in [2.45, 2.75) is 36.7 Å². The van der Waals surface area contributed by atoms with E-state index in [1.54, 1.807) is 41.8 Å². The Morgan fingerprint density at radius 1 is 1.09 bits per heavy atom. The van der Waals surface area contributed by atoms with Gasteiger partial charge in [-0.3, -0.25) is 14.4 Å². The molecule has 1 aromatic heterocycles. The SMILES string of the molecule is CC1CN(Cc2cccc(CNC(=O)Cc3ccc(NS(=O)(=O)c4cccs4)cc3)c2)CCO1. The van der Waals surface area contributed by atoms with Crippen molar-refractivity contribution in [3.05, 3.63) is 82.7 Å². The Hall–Kier alpha value is -2.72. The van der Waals surface area contributed by atoms with Crippen molar-refractivity contribution in [2.24, 2.45) is 0 Å². The molecule has 34 heavy (non-hydrogen) atoms. The van der Waals surface area contributed by atoms with E-state index < -0.39 is 10.0 Å². The first kappa shape index (κ1) is 24.4. The molecule has 9 heteroatoms. The molecule has 1 saturated heterocycles. The maximum absolute atomic E-state index is 12.4. The molecule has 0 bridgehead atoms. The minimum Gasteiger partial charge on any atom is -0.376 e. The quantitative estimate of drug-likeness (QED) is 0.470. The molecule has 0 radical (unpaired) electrons. The Balaban J connectivity index is 1.26. The van der Waals surface area contributed by atoms with Crippen molar-refractivity contribution in [3.63, 3.8) is 0 Å². The molecule has 2 heterocycles. The number of nitrogens with one attached hydrogen (secondary N) is 2. The third-order valence-corrected chi connectivity index (χ3v) is 8.32. The van der Waals surface area contributed by atoms with E-state index in [2.05, 4.69) is 34.0 Å². The number of nitrogens with zero attached hydrogens (tertiary/aromatic N) is 1. The molecular formula is C25H29N3O4S2. The average molecular weight is 500 g/mol. The molecule has 1 aliphatic rings. The van der Waals surface area contributed by atoms with Crippen LogP contribution in [0.2, 0.25) is 0 Å². The van der Waals surface area contributed by atoms with E-state index in [9.17, 15) is 13.2 Å². The van der Waals surface area contributed by atoms with Gasteiger partial charge in [-0.05, 0) is 47.2 Å². The van der Waals surface area contributed by atoms with Crippen molar-refractivity contribution in [1.82, 2.24) is 10.2 Å². The van der Waals surface area contributed by atoms with E-state index in [1.165, 1.54) is 5.56 Å². The first-order valence-corrected chi connectivity index (χ1v) is 13.6. The van der Waals surface area contributed by atoms with Gasteiger partial charge >= 0.3 is 0 Å². The Morgan fingerprint density at radius 3 is 2.62 bits per heavy atom. The van der Waals surface area contributed by atoms with Crippen molar-refractivity contribution < 1.29 is 17.9 Å². The number of hydrogen-bond donors (Lipinski definition) is 2. The monoisotopic (exact) mass is 499 g/mol. The fraction of sp³-hybridized carbons (Fsp3) is 0.320. The van der Waals surface area contributed by atoms with Crippen molar-refractivity contribution in [3.8, 4) is 0 Å². The number of ether oxygens (including phenoxy) is 1. The van der Waals surface area contributed by atoms with Crippen LogP contribution in [0.15, 0.2) is 70.3 Å². The second-order valence-corrected chi connectivity index (χ2v) is 11.3. The molecule has 0 aliphatic carbocycles. The third-order valence-electron chi connectivity index (χ3n) is 5.54. The van der Waals surface area contributed by atoms with Crippen molar-refractivity contribution >= 4 is 33.0 Å². The fourth-order valence-electron chi connectivity index (χ4n) is 3.89. The van der Waals surface area contributed by atoms with Crippen molar-refractivity contribution in [2.75, 3.05) is 24.4 Å². The lowest BCUT2D eigenvalue weighted by atomic mass is 10.1. The van der Waals surface area contributed by atoms with Crippen LogP contribution >= 0.6 is 11.3 Å². The molecule has 0 saturated carbocycles. The molecule has 2 N–H and O–H groups in total. The van der Waals surface area contributed by atoms with Crippen LogP contribution in [0.4, 0.5) is 5.69 Å². The van der Waals surface area contributed by atoms with Gasteiger partial charge < -0.3 is 10.1 Å². The fourth-order valence-corrected chi connectivity index (χ4v) is 5.94. The number of benzene rings is 2. The smallest absolute Gasteiger partial charge is 0.271 e. The number of carbonyl (C=O) groups is 1. The van der Waals surface area contributed by atoms with Crippen LogP contribution in [0, 0.1) is 0 Å². The minimum atomic E-state index is -3.58. The summed E-state index contributed by atoms with van der Waals surface area (Å²) in [6.07, 6.45) is 0.481. The average Bonchev–Trinajstić information content (AvgIpc) is 3.36. The molecule has 2 aromatic carbocycles. The maximum Gasteiger partial charge on any atom is 0.271 e. The number of thiophene rings is 1. The number of morpholine rings is 1. The summed E-state index contributed by atoms with van der Waals surface area (Å²) in [5.41, 5.74) is 3.56. The molecular weight excluding hydrogens is 470 g/mol. The lowest BCUT2D eigenvalue weighted by molar-refractivity contribution is -0.120. The first-order chi connectivity index (χ1) is 16.4. The lowest BCUT2D eigenvalue weighted by Crippen LogP contribution is -2.40. The Morgan fingerprint density at radius 2 is 1.88 bits per heavy atom. The molecule has 0 spiro atoms. The number of carbonyl (C=O) groups excluding carboxylic acids is 1. The van der Waals surface area contributed by atoms with E-state index in [0.29, 0.717) is 12.2 Å². The molecule has 1 unspecified atom stereocenters. The zero-order valence-electron chi connectivity index (χ0n) is 19.1. The van der Waals surface area contributed by atoms with Crippen LogP contribution < -0.4 is 10.0 Å². The number of hydrogen-bond acceptors (Lipinski definition) is 6. The molecule has 1 amide bonds. The molecule has 1 fully saturated rings. The van der Waals surface area contributed by atoms with Gasteiger partial charge in [-0.2, -0.15) is 0 Å². The highest BCUT2D eigenvalue weighted by Gasteiger charge is 2.17. The van der Waals surface area contributed by atoms with Crippen LogP contribution in [0.25, 0.3) is 0 Å². The lowest BCUT2D eigenvalue weighted by Gasteiger charge is -2.31. The number of amides is 1. The summed E-state index contributed by atoms with van der Waals surface area (Å²) in [5.74, 6) is -0.0840. The highest BCUT2D eigenvalue weighted by atomic mass is 32.2. The predicted octanol–water partition coefficient (Wildman–Crippen LogP) is 3.63. The topological polar surface area (TPSA) is 87.7 Å². The Bertz CT molecular complexity index is 1200. The van der Waals surface area contributed by atoms with Gasteiger partial charge in [0.1, 0.15) is 4.21 Å². The van der Waals surface area contributed by atoms with Gasteiger partial charge in [0.2, 0.25) is 5.91 Å². The summed E-state index contributed by atoms with van der Waals surface area (Å²) in [5, 5.41) is 4.69. The third kappa shape index (κ3) is 6.89. The Kier molecular flexibility index (Phi) is 7.99. The van der Waals surface area contributed by atoms with Gasteiger partial charge in [0, 0.05) is 31.9 Å². The van der Waals surface area contributed by atoms with Crippen LogP contribution in [-0.2, 0) is 39.1 Å². The number of anilines is 1. The van der Waals surface area contributed by atoms with Crippen molar-refractivity contribution in [1.29, 1.82) is 0 Å². The summed E-state index contributed by atoms with van der Waals surface area (Å²) in [6.45, 7) is 6.05. The van der Waals surface area contributed by atoms with Gasteiger partial charge in [0.15, 0.2) is 0 Å². The molecule has 7 nitrogen and oxygen atoms in total. The van der Waals surface area contributed by atoms with Crippen LogP contribution in [0.1, 0.15) is 23.6 Å². The zero-order chi connectivity index (χ0) is 24.0. The van der Waals surface area contributed by atoms with Gasteiger partial charge in [0.25, 0.3) is 10.0 Å². The Labute approximate surface area is 204 Å². The summed E-state index contributed by atoms with van der Waals surface area (Å²) in [7, 11) is -3.58. The van der Waals surface area contributed by atoms with Crippen LogP contribution in [0.5, 0.6) is 0 Å². The van der Waals surface area contributed by atoms with E-state index in [1.807, 2.05) is 12.1 Å². The highest BCUT2D eigenvalue weighted by molar-refractivity contribution is 7.94. The second-order valence-electron chi connectivity index (χ2n) is 8.42. The van der Waals surface area contributed by atoms with Gasteiger partial charge in [-0.15, -0.1) is 11.3 Å². The summed E-state index contributed by atoms with van der Waals surface area (Å²) in [6, 6.07) is 18.4. The minimum absolute atomic E-state index is 0.0840. The van der Waals surface area contributed by atoms with E-state index >= 15 is 0 Å². The van der Waals surface area contributed by atoms with Gasteiger partial charge in [0.05, 0.1) is 19.1 Å². The number of rotatable bonds is 9. The normalized spacial score (nSPS) is 16.8. The van der Waals surface area contributed by atoms with E-state index in [4.69, 9.17) is 4.74 Å². The number of sulfonamides is 1. The molecule has 3 aromatic rings. The molecule has 1 aliphatic heterocycles. The largest absolute Gasteiger partial charge is 0.376 e. The second kappa shape index (κ2) is 11.1. The maximum atomic E-state index is 12.4. The molecule has 180 valence electrons. The first-order valence-electron chi connectivity index (χ1n) is 11.2. The van der Waals surface area contributed by atoms with Gasteiger partial charge in [-0.1, -0.05) is 42.5 Å². The summed E-state index contributed by atoms with van der Waals surface area (Å²) in [4.78, 5) is 14.8. The summed E-state index contributed by atoms with van der Waals surface area (Å²) < 4.78 is 33.1. The van der Waals surface area contributed by atoms with Gasteiger partial charge in [-0.25, -0.2) is 8.42 Å².